The third-order valence-corrected chi connectivity index (χ3v) is 5.85. The Bertz CT molecular complexity index is 1370. The number of aliphatic carboxylic acids is 1. The van der Waals surface area contributed by atoms with E-state index in [0.717, 1.165) is 11.1 Å². The summed E-state index contributed by atoms with van der Waals surface area (Å²) in [6.07, 6.45) is 5.15. The van der Waals surface area contributed by atoms with Crippen molar-refractivity contribution in [1.82, 2.24) is 9.84 Å². The van der Waals surface area contributed by atoms with Gasteiger partial charge in [0.15, 0.2) is 5.84 Å². The summed E-state index contributed by atoms with van der Waals surface area (Å²) >= 11 is 0. The van der Waals surface area contributed by atoms with Gasteiger partial charge in [-0.05, 0) is 35.9 Å². The summed E-state index contributed by atoms with van der Waals surface area (Å²) < 4.78 is 31.2. The molecule has 0 unspecified atom stereocenters. The van der Waals surface area contributed by atoms with Gasteiger partial charge in [0, 0.05) is 17.7 Å². The number of nitrogens with one attached hydrogen (secondary N) is 1. The standard InChI is InChI=1S/C23H17N3O6S/c27-21(28)13-10-16-8-11-19(12-9-16)33(30,31)25-26-22(17-5-2-1-3-6-17)24-20(23(26)29)15-18-7-4-14-32-18/h1-15,25H,(H,27,28). The zero-order chi connectivity index (χ0) is 23.4. The first kappa shape index (κ1) is 21.9. The summed E-state index contributed by atoms with van der Waals surface area (Å²) in [4.78, 5) is 30.2. The number of amides is 1. The van der Waals surface area contributed by atoms with Crippen molar-refractivity contribution in [3.05, 3.63) is 102 Å². The summed E-state index contributed by atoms with van der Waals surface area (Å²) in [5, 5.41) is 9.58. The zero-order valence-electron chi connectivity index (χ0n) is 17.0. The summed E-state index contributed by atoms with van der Waals surface area (Å²) in [6.45, 7) is 0. The van der Waals surface area contributed by atoms with Crippen LogP contribution in [0.15, 0.2) is 99.1 Å². The number of carbonyl (C=O) groups excluding carboxylic acids is 1. The van der Waals surface area contributed by atoms with Gasteiger partial charge >= 0.3 is 5.97 Å². The number of nitrogens with zero attached hydrogens (tertiary/aromatic N) is 2. The number of rotatable bonds is 7. The fraction of sp³-hybridized carbons (Fsp3) is 0. The van der Waals surface area contributed by atoms with E-state index in [1.165, 1.54) is 42.7 Å². The molecular weight excluding hydrogens is 446 g/mol. The first-order valence-electron chi connectivity index (χ1n) is 9.61. The molecule has 0 saturated heterocycles. The maximum absolute atomic E-state index is 13.0. The monoisotopic (exact) mass is 463 g/mol. The number of aliphatic imine (C=N–C) groups is 1. The molecule has 0 bridgehead atoms. The second-order valence-electron chi connectivity index (χ2n) is 6.82. The van der Waals surface area contributed by atoms with E-state index in [1.807, 2.05) is 0 Å². The van der Waals surface area contributed by atoms with E-state index in [0.29, 0.717) is 16.9 Å². The van der Waals surface area contributed by atoms with Crippen LogP contribution < -0.4 is 4.83 Å². The second kappa shape index (κ2) is 9.07. The van der Waals surface area contributed by atoms with E-state index in [1.54, 1.807) is 42.5 Å². The van der Waals surface area contributed by atoms with Gasteiger partial charge in [0.2, 0.25) is 0 Å². The van der Waals surface area contributed by atoms with Crippen LogP contribution >= 0.6 is 0 Å². The lowest BCUT2D eigenvalue weighted by Crippen LogP contribution is -2.47. The molecule has 0 spiro atoms. The van der Waals surface area contributed by atoms with Crippen molar-refractivity contribution in [3.8, 4) is 0 Å². The largest absolute Gasteiger partial charge is 0.478 e. The number of amidine groups is 1. The Kier molecular flexibility index (Phi) is 6.03. The summed E-state index contributed by atoms with van der Waals surface area (Å²) in [7, 11) is -4.17. The minimum Gasteiger partial charge on any atom is -0.478 e. The Morgan fingerprint density at radius 2 is 1.76 bits per heavy atom. The Hall–Kier alpha value is -4.28. The molecule has 2 N–H and O–H groups in total. The van der Waals surface area contributed by atoms with Crippen LogP contribution in [0.4, 0.5) is 0 Å². The average Bonchev–Trinajstić information content (AvgIpc) is 3.42. The topological polar surface area (TPSA) is 129 Å². The molecule has 0 atom stereocenters. The third-order valence-electron chi connectivity index (χ3n) is 4.53. The summed E-state index contributed by atoms with van der Waals surface area (Å²) in [5.74, 6) is -1.28. The number of carboxylic acid groups (broad SMARTS) is 1. The van der Waals surface area contributed by atoms with Crippen LogP contribution in [0, 0.1) is 0 Å². The minimum absolute atomic E-state index is 0.000610. The van der Waals surface area contributed by atoms with E-state index in [9.17, 15) is 18.0 Å². The zero-order valence-corrected chi connectivity index (χ0v) is 17.8. The first-order chi connectivity index (χ1) is 15.8. The van der Waals surface area contributed by atoms with Gasteiger partial charge in [-0.1, -0.05) is 42.5 Å². The fourth-order valence-electron chi connectivity index (χ4n) is 2.99. The third kappa shape index (κ3) is 4.97. The van der Waals surface area contributed by atoms with Crippen LogP contribution in [0.25, 0.3) is 12.2 Å². The quantitative estimate of drug-likeness (QED) is 0.519. The molecule has 10 heteroatoms. The second-order valence-corrected chi connectivity index (χ2v) is 8.48. The van der Waals surface area contributed by atoms with Crippen LogP contribution in [-0.4, -0.2) is 36.2 Å². The number of hydrogen-bond donors (Lipinski definition) is 2. The van der Waals surface area contributed by atoms with Crippen molar-refractivity contribution < 1.29 is 27.5 Å². The first-order valence-corrected chi connectivity index (χ1v) is 11.1. The molecule has 4 rings (SSSR count). The number of sulfonamides is 1. The van der Waals surface area contributed by atoms with Crippen LogP contribution in [0.2, 0.25) is 0 Å². The molecule has 0 saturated carbocycles. The molecule has 3 aromatic rings. The highest BCUT2D eigenvalue weighted by Gasteiger charge is 2.35. The molecule has 33 heavy (non-hydrogen) atoms. The Labute approximate surface area is 189 Å². The van der Waals surface area contributed by atoms with Gasteiger partial charge in [-0.2, -0.15) is 0 Å². The highest BCUT2D eigenvalue weighted by molar-refractivity contribution is 7.89. The van der Waals surface area contributed by atoms with Gasteiger partial charge in [-0.25, -0.2) is 23.2 Å². The lowest BCUT2D eigenvalue weighted by atomic mass is 10.2. The maximum Gasteiger partial charge on any atom is 0.328 e. The van der Waals surface area contributed by atoms with Gasteiger partial charge < -0.3 is 9.52 Å². The Morgan fingerprint density at radius 3 is 2.39 bits per heavy atom. The van der Waals surface area contributed by atoms with Crippen LogP contribution in [0.5, 0.6) is 0 Å². The summed E-state index contributed by atoms with van der Waals surface area (Å²) in [6, 6.07) is 17.5. The molecule has 0 fully saturated rings. The molecule has 1 amide bonds. The highest BCUT2D eigenvalue weighted by Crippen LogP contribution is 2.22. The van der Waals surface area contributed by atoms with Crippen LogP contribution in [0.1, 0.15) is 16.9 Å². The Morgan fingerprint density at radius 1 is 1.03 bits per heavy atom. The van der Waals surface area contributed by atoms with E-state index >= 15 is 0 Å². The highest BCUT2D eigenvalue weighted by atomic mass is 32.2. The van der Waals surface area contributed by atoms with Gasteiger partial charge in [-0.3, -0.25) is 4.79 Å². The molecule has 166 valence electrons. The normalized spacial score (nSPS) is 15.4. The average molecular weight is 463 g/mol. The van der Waals surface area contributed by atoms with Gasteiger partial charge in [0.05, 0.1) is 11.2 Å². The van der Waals surface area contributed by atoms with Gasteiger partial charge in [0.1, 0.15) is 11.5 Å². The minimum atomic E-state index is -4.17. The van der Waals surface area contributed by atoms with Crippen LogP contribution in [0.3, 0.4) is 0 Å². The molecule has 2 heterocycles. The summed E-state index contributed by atoms with van der Waals surface area (Å²) in [5.41, 5.74) is 1.04. The number of carboxylic acids is 1. The van der Waals surface area contributed by atoms with Crippen molar-refractivity contribution in [2.24, 2.45) is 4.99 Å². The molecule has 0 aliphatic carbocycles. The lowest BCUT2D eigenvalue weighted by Gasteiger charge is -2.19. The van der Waals surface area contributed by atoms with Crippen molar-refractivity contribution in [2.75, 3.05) is 0 Å². The maximum atomic E-state index is 13.0. The fourth-order valence-corrected chi connectivity index (χ4v) is 4.00. The number of furan rings is 1. The molecule has 9 nitrogen and oxygen atoms in total. The van der Waals surface area contributed by atoms with Crippen molar-refractivity contribution in [3.63, 3.8) is 0 Å². The van der Waals surface area contributed by atoms with Crippen molar-refractivity contribution in [2.45, 2.75) is 4.90 Å². The Balaban J connectivity index is 1.65. The van der Waals surface area contributed by atoms with E-state index in [2.05, 4.69) is 9.82 Å². The molecule has 1 aromatic heterocycles. The number of hydrazine groups is 1. The molecule has 1 aliphatic rings. The molecule has 2 aromatic carbocycles. The predicted molar refractivity (Wildman–Crippen MR) is 120 cm³/mol. The molecule has 0 radical (unpaired) electrons. The lowest BCUT2D eigenvalue weighted by molar-refractivity contribution is -0.131. The van der Waals surface area contributed by atoms with E-state index in [-0.39, 0.29) is 16.4 Å². The van der Waals surface area contributed by atoms with Gasteiger partial charge in [0.25, 0.3) is 15.9 Å². The van der Waals surface area contributed by atoms with E-state index in [4.69, 9.17) is 9.52 Å². The number of carbonyl (C=O) groups is 2. The number of hydrogen-bond acceptors (Lipinski definition) is 6. The van der Waals surface area contributed by atoms with Gasteiger partial charge in [-0.15, -0.1) is 4.83 Å². The molecular formula is C23H17N3O6S. The molecule has 1 aliphatic heterocycles. The predicted octanol–water partition coefficient (Wildman–Crippen LogP) is 2.90. The van der Waals surface area contributed by atoms with Crippen molar-refractivity contribution in [1.29, 1.82) is 0 Å². The SMILES string of the molecule is O=C(O)C=Cc1ccc(S(=O)(=O)NN2C(=O)C(=Cc3ccco3)N=C2c2ccccc2)cc1. The number of benzene rings is 2. The van der Waals surface area contributed by atoms with Crippen molar-refractivity contribution >= 4 is 39.9 Å². The van der Waals surface area contributed by atoms with Crippen LogP contribution in [-0.2, 0) is 19.6 Å². The smallest absolute Gasteiger partial charge is 0.328 e. The van der Waals surface area contributed by atoms with E-state index < -0.39 is 21.9 Å².